The number of carbonyl (C=O) groups is 1. The molecule has 1 amide bonds. The molecule has 1 fully saturated rings. The number of aliphatic hydroxyl groups is 1. The van der Waals surface area contributed by atoms with Gasteiger partial charge in [-0.1, -0.05) is 11.6 Å². The van der Waals surface area contributed by atoms with Crippen molar-refractivity contribution >= 4 is 40.5 Å². The van der Waals surface area contributed by atoms with Crippen LogP contribution in [0.15, 0.2) is 18.2 Å². The minimum atomic E-state index is -0.630. The molecule has 0 aliphatic carbocycles. The van der Waals surface area contributed by atoms with Gasteiger partial charge < -0.3 is 15.3 Å². The maximum absolute atomic E-state index is 11.7. The second-order valence-corrected chi connectivity index (χ2v) is 5.22. The van der Waals surface area contributed by atoms with Crippen LogP contribution in [-0.2, 0) is 4.79 Å². The van der Waals surface area contributed by atoms with Gasteiger partial charge in [-0.05, 0) is 24.6 Å². The van der Waals surface area contributed by atoms with E-state index in [4.69, 9.17) is 23.2 Å². The molecule has 1 atom stereocenters. The molecule has 2 N–H and O–H groups in total. The Labute approximate surface area is 122 Å². The van der Waals surface area contributed by atoms with E-state index in [9.17, 15) is 9.90 Å². The van der Waals surface area contributed by atoms with E-state index >= 15 is 0 Å². The molecule has 0 saturated carbocycles. The maximum Gasteiger partial charge on any atom is 0.227 e. The quantitative estimate of drug-likeness (QED) is 0.822. The van der Waals surface area contributed by atoms with Crippen LogP contribution in [0, 0.1) is 0 Å². The first kappa shape index (κ1) is 14.4. The van der Waals surface area contributed by atoms with Crippen molar-refractivity contribution in [2.45, 2.75) is 18.9 Å². The van der Waals surface area contributed by atoms with Crippen LogP contribution in [0.2, 0.25) is 5.02 Å². The molecular formula is C13H16Cl2N2O2. The number of carbonyl (C=O) groups excluding carboxylic acids is 1. The Morgan fingerprint density at radius 2 is 2.26 bits per heavy atom. The van der Waals surface area contributed by atoms with Gasteiger partial charge in [0.05, 0.1) is 22.7 Å². The van der Waals surface area contributed by atoms with Crippen LogP contribution < -0.4 is 10.2 Å². The first-order chi connectivity index (χ1) is 9.11. The maximum atomic E-state index is 11.7. The zero-order chi connectivity index (χ0) is 13.8. The highest BCUT2D eigenvalue weighted by Gasteiger charge is 2.22. The number of amides is 1. The van der Waals surface area contributed by atoms with Gasteiger partial charge in [-0.2, -0.15) is 0 Å². The lowest BCUT2D eigenvalue weighted by atomic mass is 10.2. The monoisotopic (exact) mass is 302 g/mol. The minimum Gasteiger partial charge on any atom is -0.390 e. The lowest BCUT2D eigenvalue weighted by molar-refractivity contribution is -0.117. The first-order valence-electron chi connectivity index (χ1n) is 6.19. The Bertz CT molecular complexity index is 468. The summed E-state index contributed by atoms with van der Waals surface area (Å²) in [4.78, 5) is 13.4. The van der Waals surface area contributed by atoms with Gasteiger partial charge in [0.15, 0.2) is 0 Å². The van der Waals surface area contributed by atoms with Gasteiger partial charge in [0.25, 0.3) is 0 Å². The molecule has 104 valence electrons. The molecule has 1 heterocycles. The number of hydrogen-bond acceptors (Lipinski definition) is 3. The third kappa shape index (κ3) is 3.53. The molecule has 0 radical (unpaired) electrons. The van der Waals surface area contributed by atoms with Gasteiger partial charge in [-0.15, -0.1) is 11.6 Å². The van der Waals surface area contributed by atoms with Crippen LogP contribution in [0.5, 0.6) is 0 Å². The number of nitrogens with one attached hydrogen (secondary N) is 1. The largest absolute Gasteiger partial charge is 0.390 e. The van der Waals surface area contributed by atoms with Crippen molar-refractivity contribution < 1.29 is 9.90 Å². The number of benzene rings is 1. The lowest BCUT2D eigenvalue weighted by Gasteiger charge is -2.18. The van der Waals surface area contributed by atoms with Crippen LogP contribution in [0.3, 0.4) is 0 Å². The third-order valence-electron chi connectivity index (χ3n) is 3.04. The van der Waals surface area contributed by atoms with Crippen molar-refractivity contribution in [2.24, 2.45) is 0 Å². The predicted octanol–water partition coefficient (Wildman–Crippen LogP) is 2.48. The molecule has 1 unspecified atom stereocenters. The minimum absolute atomic E-state index is 0.133. The Kier molecular flexibility index (Phi) is 4.91. The lowest BCUT2D eigenvalue weighted by Crippen LogP contribution is -2.24. The molecule has 4 nitrogen and oxygen atoms in total. The van der Waals surface area contributed by atoms with Crippen LogP contribution in [-0.4, -0.2) is 36.1 Å². The van der Waals surface area contributed by atoms with Gasteiger partial charge in [0.1, 0.15) is 0 Å². The number of anilines is 2. The summed E-state index contributed by atoms with van der Waals surface area (Å²) in [5, 5.41) is 13.0. The van der Waals surface area contributed by atoms with Gasteiger partial charge in [0, 0.05) is 25.2 Å². The van der Waals surface area contributed by atoms with Crippen molar-refractivity contribution in [3.63, 3.8) is 0 Å². The van der Waals surface area contributed by atoms with Crippen molar-refractivity contribution in [2.75, 3.05) is 29.2 Å². The molecule has 1 aliphatic rings. The van der Waals surface area contributed by atoms with Gasteiger partial charge in [0.2, 0.25) is 5.91 Å². The van der Waals surface area contributed by atoms with Crippen molar-refractivity contribution in [1.29, 1.82) is 0 Å². The summed E-state index contributed by atoms with van der Waals surface area (Å²) < 4.78 is 0. The van der Waals surface area contributed by atoms with E-state index in [1.165, 1.54) is 0 Å². The van der Waals surface area contributed by atoms with E-state index in [0.717, 1.165) is 18.7 Å². The fraction of sp³-hybridized carbons (Fsp3) is 0.462. The molecule has 1 aromatic carbocycles. The average molecular weight is 303 g/mol. The Morgan fingerprint density at radius 3 is 2.89 bits per heavy atom. The zero-order valence-electron chi connectivity index (χ0n) is 10.4. The number of hydrogen-bond donors (Lipinski definition) is 2. The Balaban J connectivity index is 2.12. The summed E-state index contributed by atoms with van der Waals surface area (Å²) in [5.74, 6) is 0.295. The second-order valence-electron chi connectivity index (χ2n) is 4.50. The molecule has 19 heavy (non-hydrogen) atoms. The highest BCUT2D eigenvalue weighted by atomic mass is 35.5. The van der Waals surface area contributed by atoms with Crippen molar-refractivity contribution in [1.82, 2.24) is 0 Å². The molecule has 0 bridgehead atoms. The van der Waals surface area contributed by atoms with Crippen LogP contribution >= 0.6 is 23.2 Å². The number of rotatable bonds is 5. The van der Waals surface area contributed by atoms with E-state index in [-0.39, 0.29) is 11.8 Å². The van der Waals surface area contributed by atoms with E-state index in [1.807, 2.05) is 12.1 Å². The number of alkyl halides is 1. The zero-order valence-corrected chi connectivity index (χ0v) is 11.9. The number of halogens is 2. The number of nitrogens with zero attached hydrogens (tertiary/aromatic N) is 1. The summed E-state index contributed by atoms with van der Waals surface area (Å²) in [7, 11) is 0. The van der Waals surface area contributed by atoms with Crippen LogP contribution in [0.4, 0.5) is 11.4 Å². The van der Waals surface area contributed by atoms with Crippen molar-refractivity contribution in [3.8, 4) is 0 Å². The van der Waals surface area contributed by atoms with Crippen LogP contribution in [0.25, 0.3) is 0 Å². The van der Waals surface area contributed by atoms with Crippen molar-refractivity contribution in [3.05, 3.63) is 23.2 Å². The molecule has 2 rings (SSSR count). The molecule has 6 heteroatoms. The second kappa shape index (κ2) is 6.46. The smallest absolute Gasteiger partial charge is 0.227 e. The fourth-order valence-electron chi connectivity index (χ4n) is 2.02. The van der Waals surface area contributed by atoms with Crippen LogP contribution in [0.1, 0.15) is 12.8 Å². The molecule has 0 spiro atoms. The van der Waals surface area contributed by atoms with E-state index in [1.54, 1.807) is 11.0 Å². The summed E-state index contributed by atoms with van der Waals surface area (Å²) in [6.45, 7) is 1.06. The molecular weight excluding hydrogens is 287 g/mol. The predicted molar refractivity (Wildman–Crippen MR) is 78.3 cm³/mol. The van der Waals surface area contributed by atoms with E-state index in [2.05, 4.69) is 5.32 Å². The Hall–Kier alpha value is -0.970. The molecule has 1 aromatic rings. The van der Waals surface area contributed by atoms with E-state index in [0.29, 0.717) is 23.7 Å². The SMILES string of the molecule is O=C1CCCN1c1ccc(Cl)c(NCC(O)CCl)c1. The summed E-state index contributed by atoms with van der Waals surface area (Å²) in [6.07, 6.45) is 0.848. The Morgan fingerprint density at radius 1 is 1.47 bits per heavy atom. The molecule has 0 aromatic heterocycles. The van der Waals surface area contributed by atoms with E-state index < -0.39 is 6.10 Å². The molecule has 1 aliphatic heterocycles. The summed E-state index contributed by atoms with van der Waals surface area (Å²) in [5.41, 5.74) is 1.53. The third-order valence-corrected chi connectivity index (χ3v) is 3.73. The highest BCUT2D eigenvalue weighted by molar-refractivity contribution is 6.33. The fourth-order valence-corrected chi connectivity index (χ4v) is 2.31. The number of aliphatic hydroxyl groups excluding tert-OH is 1. The highest BCUT2D eigenvalue weighted by Crippen LogP contribution is 2.29. The normalized spacial score (nSPS) is 16.8. The molecule has 1 saturated heterocycles. The first-order valence-corrected chi connectivity index (χ1v) is 7.11. The average Bonchev–Trinajstić information content (AvgIpc) is 2.83. The standard InChI is InChI=1S/C13H16Cl2N2O2/c14-7-10(18)8-16-12-6-9(3-4-11(12)15)17-5-1-2-13(17)19/h3-4,6,10,16,18H,1-2,5,7-8H2. The van der Waals surface area contributed by atoms with Gasteiger partial charge >= 0.3 is 0 Å². The topological polar surface area (TPSA) is 52.6 Å². The van der Waals surface area contributed by atoms with Gasteiger partial charge in [-0.25, -0.2) is 0 Å². The van der Waals surface area contributed by atoms with Gasteiger partial charge in [-0.3, -0.25) is 4.79 Å². The summed E-state index contributed by atoms with van der Waals surface area (Å²) in [6, 6.07) is 5.40. The summed E-state index contributed by atoms with van der Waals surface area (Å²) >= 11 is 11.6.